The van der Waals surface area contributed by atoms with Gasteiger partial charge < -0.3 is 0 Å². The SMILES string of the molecule is N#CCC(=O)Nn1cccc1. The molecule has 0 aliphatic carbocycles. The van der Waals surface area contributed by atoms with Crippen LogP contribution in [0.3, 0.4) is 0 Å². The summed E-state index contributed by atoms with van der Waals surface area (Å²) in [6, 6.07) is 5.32. The minimum absolute atomic E-state index is 0.113. The van der Waals surface area contributed by atoms with Crippen molar-refractivity contribution in [3.05, 3.63) is 24.5 Å². The van der Waals surface area contributed by atoms with Crippen LogP contribution in [0.2, 0.25) is 0 Å². The van der Waals surface area contributed by atoms with E-state index in [0.29, 0.717) is 0 Å². The smallest absolute Gasteiger partial charge is 0.252 e. The van der Waals surface area contributed by atoms with Crippen molar-refractivity contribution in [1.29, 1.82) is 5.26 Å². The summed E-state index contributed by atoms with van der Waals surface area (Å²) in [5.41, 5.74) is 2.48. The van der Waals surface area contributed by atoms with Gasteiger partial charge in [-0.25, -0.2) is 0 Å². The number of hydrogen-bond donors (Lipinski definition) is 1. The molecule has 0 bridgehead atoms. The zero-order valence-corrected chi connectivity index (χ0v) is 5.82. The van der Waals surface area contributed by atoms with Gasteiger partial charge in [-0.2, -0.15) is 5.26 Å². The summed E-state index contributed by atoms with van der Waals surface area (Å²) < 4.78 is 1.50. The zero-order valence-electron chi connectivity index (χ0n) is 5.82. The first-order valence-electron chi connectivity index (χ1n) is 3.12. The van der Waals surface area contributed by atoms with Crippen LogP contribution in [0, 0.1) is 11.3 Å². The van der Waals surface area contributed by atoms with E-state index in [1.807, 2.05) is 0 Å². The van der Waals surface area contributed by atoms with Gasteiger partial charge in [0.15, 0.2) is 0 Å². The Morgan fingerprint density at radius 1 is 1.55 bits per heavy atom. The first-order valence-corrected chi connectivity index (χ1v) is 3.12. The summed E-state index contributed by atoms with van der Waals surface area (Å²) in [5.74, 6) is -0.302. The molecule has 4 nitrogen and oxygen atoms in total. The molecule has 0 aliphatic heterocycles. The Labute approximate surface area is 64.0 Å². The lowest BCUT2D eigenvalue weighted by atomic mass is 10.5. The highest BCUT2D eigenvalue weighted by Gasteiger charge is 1.97. The fraction of sp³-hybridized carbons (Fsp3) is 0.143. The molecule has 1 aromatic rings. The Morgan fingerprint density at radius 3 is 2.73 bits per heavy atom. The third-order valence-corrected chi connectivity index (χ3v) is 1.10. The van der Waals surface area contributed by atoms with Crippen molar-refractivity contribution < 1.29 is 4.79 Å². The van der Waals surface area contributed by atoms with Gasteiger partial charge in [0.2, 0.25) is 0 Å². The number of carbonyl (C=O) groups excluding carboxylic acids is 1. The predicted octanol–water partition coefficient (Wildman–Crippen LogP) is 0.472. The molecule has 0 fully saturated rings. The first kappa shape index (κ1) is 7.35. The summed E-state index contributed by atoms with van der Waals surface area (Å²) in [5, 5.41) is 8.15. The maximum atomic E-state index is 10.8. The third kappa shape index (κ3) is 2.14. The average molecular weight is 149 g/mol. The fourth-order valence-electron chi connectivity index (χ4n) is 0.664. The van der Waals surface area contributed by atoms with E-state index in [1.54, 1.807) is 30.6 Å². The van der Waals surface area contributed by atoms with Gasteiger partial charge in [0.25, 0.3) is 5.91 Å². The fourth-order valence-corrected chi connectivity index (χ4v) is 0.664. The third-order valence-electron chi connectivity index (χ3n) is 1.10. The van der Waals surface area contributed by atoms with Gasteiger partial charge in [-0.05, 0) is 12.1 Å². The van der Waals surface area contributed by atoms with E-state index in [4.69, 9.17) is 5.26 Å². The molecule has 0 unspecified atom stereocenters. The normalized spacial score (nSPS) is 8.64. The van der Waals surface area contributed by atoms with E-state index in [9.17, 15) is 4.79 Å². The Kier molecular flexibility index (Phi) is 2.28. The van der Waals surface area contributed by atoms with E-state index in [0.717, 1.165) is 0 Å². The van der Waals surface area contributed by atoms with Crippen molar-refractivity contribution in [3.8, 4) is 6.07 Å². The lowest BCUT2D eigenvalue weighted by Gasteiger charge is -2.01. The van der Waals surface area contributed by atoms with E-state index < -0.39 is 0 Å². The summed E-state index contributed by atoms with van der Waals surface area (Å²) in [7, 11) is 0. The van der Waals surface area contributed by atoms with E-state index >= 15 is 0 Å². The molecule has 0 saturated heterocycles. The molecule has 1 rings (SSSR count). The first-order chi connectivity index (χ1) is 5.33. The Bertz CT molecular complexity index is 270. The van der Waals surface area contributed by atoms with E-state index in [-0.39, 0.29) is 12.3 Å². The number of rotatable bonds is 2. The van der Waals surface area contributed by atoms with E-state index in [2.05, 4.69) is 5.43 Å². The molecule has 0 aliphatic rings. The van der Waals surface area contributed by atoms with Crippen LogP contribution in [-0.4, -0.2) is 10.6 Å². The monoisotopic (exact) mass is 149 g/mol. The summed E-state index contributed by atoms with van der Waals surface area (Å²) in [4.78, 5) is 10.8. The van der Waals surface area contributed by atoms with Crippen LogP contribution in [0.5, 0.6) is 0 Å². The van der Waals surface area contributed by atoms with Crippen LogP contribution in [0.1, 0.15) is 6.42 Å². The molecule has 4 heteroatoms. The molecule has 0 aromatic carbocycles. The minimum Gasteiger partial charge on any atom is -0.272 e. The topological polar surface area (TPSA) is 57.8 Å². The van der Waals surface area contributed by atoms with Crippen LogP contribution < -0.4 is 5.43 Å². The molecule has 0 spiro atoms. The molecule has 1 amide bonds. The molecule has 1 N–H and O–H groups in total. The average Bonchev–Trinajstić information content (AvgIpc) is 2.40. The Balaban J connectivity index is 2.45. The Morgan fingerprint density at radius 2 is 2.18 bits per heavy atom. The lowest BCUT2D eigenvalue weighted by molar-refractivity contribution is -0.116. The van der Waals surface area contributed by atoms with Gasteiger partial charge in [-0.3, -0.25) is 14.9 Å². The number of carbonyl (C=O) groups is 1. The van der Waals surface area contributed by atoms with Crippen molar-refractivity contribution in [2.24, 2.45) is 0 Å². The van der Waals surface area contributed by atoms with Gasteiger partial charge in [0.1, 0.15) is 6.42 Å². The van der Waals surface area contributed by atoms with Crippen molar-refractivity contribution in [2.75, 3.05) is 5.43 Å². The maximum absolute atomic E-state index is 10.8. The minimum atomic E-state index is -0.302. The number of aromatic nitrogens is 1. The van der Waals surface area contributed by atoms with Crippen molar-refractivity contribution in [2.45, 2.75) is 6.42 Å². The molecule has 0 atom stereocenters. The Hall–Kier alpha value is -1.76. The van der Waals surface area contributed by atoms with Crippen LogP contribution in [0.4, 0.5) is 0 Å². The molecule has 0 saturated carbocycles. The standard InChI is InChI=1S/C7H7N3O/c8-4-3-7(11)9-10-5-1-2-6-10/h1-2,5-6H,3H2,(H,9,11). The molecule has 11 heavy (non-hydrogen) atoms. The number of nitrogens with zero attached hydrogens (tertiary/aromatic N) is 2. The molecule has 1 heterocycles. The van der Waals surface area contributed by atoms with Gasteiger partial charge in [-0.15, -0.1) is 0 Å². The summed E-state index contributed by atoms with van der Waals surface area (Å²) in [6.45, 7) is 0. The summed E-state index contributed by atoms with van der Waals surface area (Å²) >= 11 is 0. The molecule has 1 aromatic heterocycles. The highest BCUT2D eigenvalue weighted by molar-refractivity contribution is 5.85. The lowest BCUT2D eigenvalue weighted by Crippen LogP contribution is -2.20. The molecular weight excluding hydrogens is 142 g/mol. The van der Waals surface area contributed by atoms with Crippen LogP contribution in [0.25, 0.3) is 0 Å². The van der Waals surface area contributed by atoms with Gasteiger partial charge in [-0.1, -0.05) is 0 Å². The second kappa shape index (κ2) is 3.42. The number of nitrogens with one attached hydrogen (secondary N) is 1. The number of nitriles is 1. The molecule has 0 radical (unpaired) electrons. The summed E-state index contributed by atoms with van der Waals surface area (Å²) in [6.07, 6.45) is 3.27. The van der Waals surface area contributed by atoms with Crippen LogP contribution >= 0.6 is 0 Å². The van der Waals surface area contributed by atoms with Gasteiger partial charge in [0.05, 0.1) is 6.07 Å². The zero-order chi connectivity index (χ0) is 8.10. The molecular formula is C7H7N3O. The van der Waals surface area contributed by atoms with Crippen LogP contribution in [-0.2, 0) is 4.79 Å². The maximum Gasteiger partial charge on any atom is 0.252 e. The van der Waals surface area contributed by atoms with Crippen molar-refractivity contribution >= 4 is 5.91 Å². The largest absolute Gasteiger partial charge is 0.272 e. The second-order valence-corrected chi connectivity index (χ2v) is 1.96. The number of amides is 1. The molecule has 56 valence electrons. The highest BCUT2D eigenvalue weighted by atomic mass is 16.2. The predicted molar refractivity (Wildman–Crippen MR) is 39.0 cm³/mol. The van der Waals surface area contributed by atoms with Crippen molar-refractivity contribution in [3.63, 3.8) is 0 Å². The number of hydrogen-bond acceptors (Lipinski definition) is 2. The highest BCUT2D eigenvalue weighted by Crippen LogP contribution is 1.86. The van der Waals surface area contributed by atoms with Crippen molar-refractivity contribution in [1.82, 2.24) is 4.68 Å². The van der Waals surface area contributed by atoms with Gasteiger partial charge >= 0.3 is 0 Å². The second-order valence-electron chi connectivity index (χ2n) is 1.96. The van der Waals surface area contributed by atoms with Crippen LogP contribution in [0.15, 0.2) is 24.5 Å². The van der Waals surface area contributed by atoms with Gasteiger partial charge in [0, 0.05) is 12.4 Å². The quantitative estimate of drug-likeness (QED) is 0.664. The van der Waals surface area contributed by atoms with E-state index in [1.165, 1.54) is 4.68 Å².